The van der Waals surface area contributed by atoms with Gasteiger partial charge in [0.2, 0.25) is 5.89 Å². The summed E-state index contributed by atoms with van der Waals surface area (Å²) in [7, 11) is 0. The molecule has 0 amide bonds. The van der Waals surface area contributed by atoms with E-state index >= 15 is 0 Å². The number of nitrogens with one attached hydrogen (secondary N) is 1. The first-order valence-corrected chi connectivity index (χ1v) is 4.99. The molecule has 0 spiro atoms. The van der Waals surface area contributed by atoms with Gasteiger partial charge in [0.25, 0.3) is 0 Å². The van der Waals surface area contributed by atoms with Crippen LogP contribution in [0.1, 0.15) is 22.1 Å². The topological polar surface area (TPSA) is 101 Å². The summed E-state index contributed by atoms with van der Waals surface area (Å²) in [6.07, 6.45) is 1.20. The van der Waals surface area contributed by atoms with E-state index in [0.29, 0.717) is 11.7 Å². The van der Waals surface area contributed by atoms with Crippen molar-refractivity contribution in [3.63, 3.8) is 0 Å². The van der Waals surface area contributed by atoms with E-state index in [4.69, 9.17) is 9.63 Å². The Balaban J connectivity index is 2.14. The standard InChI is InChI=1S/C10H9FN4O3/c1-5-14-7(15-18-5)4-13-9-8(11)6(10(16)17)2-3-12-9/h2-3H,4H2,1H3,(H,12,13)(H,16,17). The number of aromatic nitrogens is 3. The monoisotopic (exact) mass is 252 g/mol. The number of carbonyl (C=O) groups is 1. The summed E-state index contributed by atoms with van der Waals surface area (Å²) in [6.45, 7) is 1.71. The van der Waals surface area contributed by atoms with E-state index < -0.39 is 17.3 Å². The van der Waals surface area contributed by atoms with Gasteiger partial charge in [-0.05, 0) is 6.07 Å². The van der Waals surface area contributed by atoms with Crippen molar-refractivity contribution in [2.45, 2.75) is 13.5 Å². The predicted octanol–water partition coefficient (Wildman–Crippen LogP) is 1.22. The molecular weight excluding hydrogens is 243 g/mol. The molecule has 2 heterocycles. The number of halogens is 1. The van der Waals surface area contributed by atoms with Crippen LogP contribution in [0.15, 0.2) is 16.8 Å². The highest BCUT2D eigenvalue weighted by Gasteiger charge is 2.15. The minimum absolute atomic E-state index is 0.0876. The van der Waals surface area contributed by atoms with Crippen LogP contribution in [0.2, 0.25) is 0 Å². The Labute approximate surface area is 101 Å². The summed E-state index contributed by atoms with van der Waals surface area (Å²) in [4.78, 5) is 18.3. The first kappa shape index (κ1) is 12.0. The molecule has 2 aromatic rings. The highest BCUT2D eigenvalue weighted by atomic mass is 19.1. The van der Waals surface area contributed by atoms with Crippen molar-refractivity contribution < 1.29 is 18.8 Å². The second kappa shape index (κ2) is 4.78. The van der Waals surface area contributed by atoms with Crippen molar-refractivity contribution in [2.24, 2.45) is 0 Å². The second-order valence-electron chi connectivity index (χ2n) is 3.41. The number of carboxylic acids is 1. The maximum absolute atomic E-state index is 13.7. The highest BCUT2D eigenvalue weighted by Crippen LogP contribution is 2.15. The lowest BCUT2D eigenvalue weighted by atomic mass is 10.2. The third-order valence-electron chi connectivity index (χ3n) is 2.10. The number of aryl methyl sites for hydroxylation is 1. The average Bonchev–Trinajstić information content (AvgIpc) is 2.73. The molecule has 0 fully saturated rings. The third-order valence-corrected chi connectivity index (χ3v) is 2.10. The normalized spacial score (nSPS) is 10.3. The van der Waals surface area contributed by atoms with Crippen LogP contribution in [-0.2, 0) is 6.54 Å². The van der Waals surface area contributed by atoms with E-state index in [9.17, 15) is 9.18 Å². The number of pyridine rings is 1. The van der Waals surface area contributed by atoms with E-state index in [-0.39, 0.29) is 12.4 Å². The number of anilines is 1. The molecule has 2 aromatic heterocycles. The summed E-state index contributed by atoms with van der Waals surface area (Å²) in [6, 6.07) is 1.08. The Kier molecular flexibility index (Phi) is 3.18. The number of rotatable bonds is 4. The quantitative estimate of drug-likeness (QED) is 0.843. The van der Waals surface area contributed by atoms with Crippen molar-refractivity contribution in [3.05, 3.63) is 35.4 Å². The summed E-state index contributed by atoms with van der Waals surface area (Å²) in [5.74, 6) is -1.73. The largest absolute Gasteiger partial charge is 0.478 e. The lowest BCUT2D eigenvalue weighted by Crippen LogP contribution is -2.09. The molecule has 0 atom stereocenters. The van der Waals surface area contributed by atoms with Crippen LogP contribution in [0.3, 0.4) is 0 Å². The van der Waals surface area contributed by atoms with Gasteiger partial charge in [0.05, 0.1) is 6.54 Å². The molecule has 18 heavy (non-hydrogen) atoms. The molecule has 0 aliphatic rings. The molecule has 0 aliphatic heterocycles. The Morgan fingerprint density at radius 3 is 3.00 bits per heavy atom. The fourth-order valence-electron chi connectivity index (χ4n) is 1.31. The molecule has 0 saturated heterocycles. The average molecular weight is 252 g/mol. The molecule has 0 unspecified atom stereocenters. The lowest BCUT2D eigenvalue weighted by Gasteiger charge is -2.05. The van der Waals surface area contributed by atoms with E-state index in [0.717, 1.165) is 6.07 Å². The zero-order valence-electron chi connectivity index (χ0n) is 9.35. The van der Waals surface area contributed by atoms with Gasteiger partial charge in [-0.2, -0.15) is 4.98 Å². The van der Waals surface area contributed by atoms with Crippen LogP contribution in [0, 0.1) is 12.7 Å². The fraction of sp³-hybridized carbons (Fsp3) is 0.200. The lowest BCUT2D eigenvalue weighted by molar-refractivity contribution is 0.0692. The van der Waals surface area contributed by atoms with Crippen LogP contribution in [0.4, 0.5) is 10.2 Å². The second-order valence-corrected chi connectivity index (χ2v) is 3.41. The third kappa shape index (κ3) is 2.42. The van der Waals surface area contributed by atoms with Gasteiger partial charge in [-0.1, -0.05) is 5.16 Å². The number of hydrogen-bond donors (Lipinski definition) is 2. The Morgan fingerprint density at radius 2 is 2.39 bits per heavy atom. The van der Waals surface area contributed by atoms with Gasteiger partial charge in [-0.3, -0.25) is 0 Å². The molecular formula is C10H9FN4O3. The van der Waals surface area contributed by atoms with Gasteiger partial charge in [0.15, 0.2) is 17.5 Å². The summed E-state index contributed by atoms with van der Waals surface area (Å²) >= 11 is 0. The van der Waals surface area contributed by atoms with Gasteiger partial charge < -0.3 is 14.9 Å². The minimum atomic E-state index is -1.35. The molecule has 0 aromatic carbocycles. The fourth-order valence-corrected chi connectivity index (χ4v) is 1.31. The number of aromatic carboxylic acids is 1. The number of nitrogens with zero attached hydrogens (tertiary/aromatic N) is 3. The van der Waals surface area contributed by atoms with Crippen LogP contribution in [0.5, 0.6) is 0 Å². The zero-order chi connectivity index (χ0) is 13.1. The highest BCUT2D eigenvalue weighted by molar-refractivity contribution is 5.88. The molecule has 8 heteroatoms. The smallest absolute Gasteiger partial charge is 0.338 e. The summed E-state index contributed by atoms with van der Waals surface area (Å²) < 4.78 is 18.4. The number of hydrogen-bond acceptors (Lipinski definition) is 6. The van der Waals surface area contributed by atoms with Gasteiger partial charge in [0.1, 0.15) is 5.56 Å². The number of carboxylic acid groups (broad SMARTS) is 1. The molecule has 94 valence electrons. The van der Waals surface area contributed by atoms with Crippen molar-refractivity contribution in [1.82, 2.24) is 15.1 Å². The van der Waals surface area contributed by atoms with Gasteiger partial charge in [-0.25, -0.2) is 14.2 Å². The maximum atomic E-state index is 13.7. The van der Waals surface area contributed by atoms with Gasteiger partial charge in [-0.15, -0.1) is 0 Å². The predicted molar refractivity (Wildman–Crippen MR) is 57.5 cm³/mol. The molecule has 2 N–H and O–H groups in total. The maximum Gasteiger partial charge on any atom is 0.338 e. The first-order valence-electron chi connectivity index (χ1n) is 4.99. The van der Waals surface area contributed by atoms with Crippen molar-refractivity contribution >= 4 is 11.8 Å². The Morgan fingerprint density at radius 1 is 1.61 bits per heavy atom. The van der Waals surface area contributed by atoms with Crippen LogP contribution >= 0.6 is 0 Å². The van der Waals surface area contributed by atoms with Gasteiger partial charge >= 0.3 is 5.97 Å². The van der Waals surface area contributed by atoms with Crippen molar-refractivity contribution in [1.29, 1.82) is 0 Å². The molecule has 0 aliphatic carbocycles. The van der Waals surface area contributed by atoms with E-state index in [1.807, 2.05) is 0 Å². The first-order chi connectivity index (χ1) is 8.58. The van der Waals surface area contributed by atoms with Gasteiger partial charge in [0, 0.05) is 13.1 Å². The van der Waals surface area contributed by atoms with Crippen LogP contribution < -0.4 is 5.32 Å². The van der Waals surface area contributed by atoms with Crippen molar-refractivity contribution in [2.75, 3.05) is 5.32 Å². The van der Waals surface area contributed by atoms with Crippen LogP contribution in [-0.4, -0.2) is 26.2 Å². The van der Waals surface area contributed by atoms with E-state index in [1.165, 1.54) is 6.20 Å². The Hall–Kier alpha value is -2.51. The van der Waals surface area contributed by atoms with E-state index in [1.54, 1.807) is 6.92 Å². The molecule has 7 nitrogen and oxygen atoms in total. The van der Waals surface area contributed by atoms with E-state index in [2.05, 4.69) is 20.4 Å². The van der Waals surface area contributed by atoms with Crippen LogP contribution in [0.25, 0.3) is 0 Å². The minimum Gasteiger partial charge on any atom is -0.478 e. The molecule has 0 radical (unpaired) electrons. The SMILES string of the molecule is Cc1nc(CNc2nccc(C(=O)O)c2F)no1. The summed E-state index contributed by atoms with van der Waals surface area (Å²) in [5.41, 5.74) is -0.447. The molecule has 0 bridgehead atoms. The Bertz CT molecular complexity index is 584. The zero-order valence-corrected chi connectivity index (χ0v) is 9.35. The molecule has 2 rings (SSSR count). The molecule has 0 saturated carbocycles. The van der Waals surface area contributed by atoms with Crippen molar-refractivity contribution in [3.8, 4) is 0 Å². The summed E-state index contributed by atoms with van der Waals surface area (Å²) in [5, 5.41) is 14.9.